The minimum absolute atomic E-state index is 0.228. The van der Waals surface area contributed by atoms with Gasteiger partial charge in [-0.3, -0.25) is 9.48 Å². The third-order valence-corrected chi connectivity index (χ3v) is 4.09. The molecule has 1 amide bonds. The highest BCUT2D eigenvalue weighted by molar-refractivity contribution is 5.78. The second kappa shape index (κ2) is 5.55. The fourth-order valence-electron chi connectivity index (χ4n) is 2.62. The molecule has 0 spiro atoms. The van der Waals surface area contributed by atoms with Gasteiger partial charge in [0, 0.05) is 18.2 Å². The van der Waals surface area contributed by atoms with Crippen LogP contribution in [0, 0.1) is 26.7 Å². The molecule has 0 saturated heterocycles. The Kier molecular flexibility index (Phi) is 4.04. The minimum Gasteiger partial charge on any atom is -0.354 e. The number of nitrogens with zero attached hydrogens (tertiary/aromatic N) is 2. The largest absolute Gasteiger partial charge is 0.354 e. The van der Waals surface area contributed by atoms with Crippen LogP contribution < -0.4 is 5.32 Å². The molecular weight excluding hydrogens is 226 g/mol. The van der Waals surface area contributed by atoms with Crippen molar-refractivity contribution in [2.24, 2.45) is 5.92 Å². The molecule has 4 heteroatoms. The maximum Gasteiger partial charge on any atom is 0.223 e. The van der Waals surface area contributed by atoms with Crippen molar-refractivity contribution in [3.05, 3.63) is 17.0 Å². The van der Waals surface area contributed by atoms with Crippen LogP contribution in [0.15, 0.2) is 0 Å². The summed E-state index contributed by atoms with van der Waals surface area (Å²) in [6.45, 7) is 7.63. The van der Waals surface area contributed by atoms with Crippen LogP contribution in [0.1, 0.15) is 42.6 Å². The monoisotopic (exact) mass is 249 g/mol. The standard InChI is InChI=1S/C14H23N3O/c1-10-11(2)16-17(12(10)3)9-8-15-14(18)13-6-4-5-7-13/h13H,4-9H2,1-3H3,(H,15,18). The predicted octanol–water partition coefficient (Wildman–Crippen LogP) is 2.11. The van der Waals surface area contributed by atoms with E-state index in [0.717, 1.165) is 25.1 Å². The second-order valence-electron chi connectivity index (χ2n) is 5.29. The molecule has 0 atom stereocenters. The third kappa shape index (κ3) is 2.74. The maximum atomic E-state index is 11.9. The fraction of sp³-hybridized carbons (Fsp3) is 0.714. The second-order valence-corrected chi connectivity index (χ2v) is 5.29. The van der Waals surface area contributed by atoms with Gasteiger partial charge in [-0.2, -0.15) is 5.10 Å². The molecule has 1 heterocycles. The summed E-state index contributed by atoms with van der Waals surface area (Å²) in [6, 6.07) is 0. The first-order valence-corrected chi connectivity index (χ1v) is 6.88. The number of aromatic nitrogens is 2. The maximum absolute atomic E-state index is 11.9. The molecule has 0 bridgehead atoms. The molecule has 1 N–H and O–H groups in total. The van der Waals surface area contributed by atoms with Crippen molar-refractivity contribution in [1.29, 1.82) is 0 Å². The highest BCUT2D eigenvalue weighted by atomic mass is 16.1. The highest BCUT2D eigenvalue weighted by Crippen LogP contribution is 2.24. The zero-order chi connectivity index (χ0) is 13.1. The zero-order valence-electron chi connectivity index (χ0n) is 11.6. The lowest BCUT2D eigenvalue weighted by atomic mass is 10.1. The summed E-state index contributed by atoms with van der Waals surface area (Å²) < 4.78 is 1.99. The lowest BCUT2D eigenvalue weighted by molar-refractivity contribution is -0.124. The molecule has 18 heavy (non-hydrogen) atoms. The van der Waals surface area contributed by atoms with Crippen molar-refractivity contribution in [2.45, 2.75) is 53.0 Å². The smallest absolute Gasteiger partial charge is 0.223 e. The van der Waals surface area contributed by atoms with Crippen LogP contribution in [0.5, 0.6) is 0 Å². The predicted molar refractivity (Wildman–Crippen MR) is 71.4 cm³/mol. The van der Waals surface area contributed by atoms with Gasteiger partial charge in [0.05, 0.1) is 12.2 Å². The molecule has 4 nitrogen and oxygen atoms in total. The Morgan fingerprint density at radius 2 is 2.00 bits per heavy atom. The van der Waals surface area contributed by atoms with Gasteiger partial charge in [-0.25, -0.2) is 0 Å². The van der Waals surface area contributed by atoms with Crippen LogP contribution >= 0.6 is 0 Å². The molecule has 0 unspecified atom stereocenters. The lowest BCUT2D eigenvalue weighted by Crippen LogP contribution is -2.32. The van der Waals surface area contributed by atoms with Gasteiger partial charge in [0.25, 0.3) is 0 Å². The Labute approximate surface area is 109 Å². The summed E-state index contributed by atoms with van der Waals surface area (Å²) >= 11 is 0. The van der Waals surface area contributed by atoms with Gasteiger partial charge in [0.2, 0.25) is 5.91 Å². The molecule has 0 aromatic carbocycles. The van der Waals surface area contributed by atoms with Gasteiger partial charge < -0.3 is 5.32 Å². The van der Waals surface area contributed by atoms with E-state index in [1.165, 1.54) is 24.1 Å². The van der Waals surface area contributed by atoms with E-state index in [0.29, 0.717) is 6.54 Å². The van der Waals surface area contributed by atoms with Crippen LogP contribution in [0.3, 0.4) is 0 Å². The van der Waals surface area contributed by atoms with Crippen LogP contribution in [0.2, 0.25) is 0 Å². The normalized spacial score (nSPS) is 16.2. The average molecular weight is 249 g/mol. The first-order valence-electron chi connectivity index (χ1n) is 6.88. The van der Waals surface area contributed by atoms with E-state index in [-0.39, 0.29) is 11.8 Å². The number of hydrogen-bond acceptors (Lipinski definition) is 2. The van der Waals surface area contributed by atoms with Crippen molar-refractivity contribution >= 4 is 5.91 Å². The van der Waals surface area contributed by atoms with E-state index in [1.807, 2.05) is 11.6 Å². The molecular formula is C14H23N3O. The van der Waals surface area contributed by atoms with Gasteiger partial charge in [-0.1, -0.05) is 12.8 Å². The van der Waals surface area contributed by atoms with E-state index in [4.69, 9.17) is 0 Å². The van der Waals surface area contributed by atoms with Gasteiger partial charge >= 0.3 is 0 Å². The Bertz CT molecular complexity index is 430. The SMILES string of the molecule is Cc1nn(CCNC(=O)C2CCCC2)c(C)c1C. The number of hydrogen-bond donors (Lipinski definition) is 1. The first kappa shape index (κ1) is 13.1. The Morgan fingerprint density at radius 1 is 1.33 bits per heavy atom. The van der Waals surface area contributed by atoms with Crippen LogP contribution in [0.25, 0.3) is 0 Å². The number of aryl methyl sites for hydroxylation is 1. The average Bonchev–Trinajstić information content (AvgIpc) is 2.95. The summed E-state index contributed by atoms with van der Waals surface area (Å²) in [5, 5.41) is 7.50. The number of carbonyl (C=O) groups excluding carboxylic acids is 1. The molecule has 1 aromatic rings. The molecule has 1 saturated carbocycles. The van der Waals surface area contributed by atoms with Crippen molar-refractivity contribution in [3.8, 4) is 0 Å². The van der Waals surface area contributed by atoms with Gasteiger partial charge in [-0.05, 0) is 39.2 Å². The molecule has 1 fully saturated rings. The molecule has 1 aromatic heterocycles. The number of amides is 1. The first-order chi connectivity index (χ1) is 8.59. The fourth-order valence-corrected chi connectivity index (χ4v) is 2.62. The zero-order valence-corrected chi connectivity index (χ0v) is 11.6. The molecule has 2 rings (SSSR count). The van der Waals surface area contributed by atoms with Crippen molar-refractivity contribution in [3.63, 3.8) is 0 Å². The summed E-state index contributed by atoms with van der Waals surface area (Å²) in [5.74, 6) is 0.484. The lowest BCUT2D eigenvalue weighted by Gasteiger charge is -2.11. The molecule has 0 radical (unpaired) electrons. The third-order valence-electron chi connectivity index (χ3n) is 4.09. The minimum atomic E-state index is 0.228. The van der Waals surface area contributed by atoms with Crippen molar-refractivity contribution in [2.75, 3.05) is 6.54 Å². The van der Waals surface area contributed by atoms with Crippen LogP contribution in [-0.2, 0) is 11.3 Å². The summed E-state index contributed by atoms with van der Waals surface area (Å²) in [4.78, 5) is 11.9. The molecule has 100 valence electrons. The Morgan fingerprint density at radius 3 is 2.56 bits per heavy atom. The van der Waals surface area contributed by atoms with E-state index in [1.54, 1.807) is 0 Å². The summed E-state index contributed by atoms with van der Waals surface area (Å²) in [7, 11) is 0. The van der Waals surface area contributed by atoms with Crippen LogP contribution in [0.4, 0.5) is 0 Å². The molecule has 0 aliphatic heterocycles. The van der Waals surface area contributed by atoms with Gasteiger partial charge in [0.1, 0.15) is 0 Å². The van der Waals surface area contributed by atoms with E-state index < -0.39 is 0 Å². The van der Waals surface area contributed by atoms with Gasteiger partial charge in [-0.15, -0.1) is 0 Å². The molecule has 1 aliphatic carbocycles. The summed E-state index contributed by atoms with van der Waals surface area (Å²) in [6.07, 6.45) is 4.53. The number of carbonyl (C=O) groups is 1. The van der Waals surface area contributed by atoms with Crippen LogP contribution in [-0.4, -0.2) is 22.2 Å². The van der Waals surface area contributed by atoms with E-state index in [2.05, 4.69) is 24.3 Å². The Balaban J connectivity index is 1.81. The summed E-state index contributed by atoms with van der Waals surface area (Å²) in [5.41, 5.74) is 3.52. The van der Waals surface area contributed by atoms with E-state index in [9.17, 15) is 4.79 Å². The van der Waals surface area contributed by atoms with Gasteiger partial charge in [0.15, 0.2) is 0 Å². The number of nitrogens with one attached hydrogen (secondary N) is 1. The Hall–Kier alpha value is -1.32. The van der Waals surface area contributed by atoms with Crippen molar-refractivity contribution in [1.82, 2.24) is 15.1 Å². The molecule has 1 aliphatic rings. The highest BCUT2D eigenvalue weighted by Gasteiger charge is 2.22. The topological polar surface area (TPSA) is 46.9 Å². The number of rotatable bonds is 4. The van der Waals surface area contributed by atoms with Crippen molar-refractivity contribution < 1.29 is 4.79 Å². The van der Waals surface area contributed by atoms with E-state index >= 15 is 0 Å². The quantitative estimate of drug-likeness (QED) is 0.888.